The third-order valence-electron chi connectivity index (χ3n) is 6.63. The van der Waals surface area contributed by atoms with Crippen LogP contribution in [0.15, 0.2) is 78.9 Å². The van der Waals surface area contributed by atoms with Gasteiger partial charge in [-0.3, -0.25) is 19.7 Å². The van der Waals surface area contributed by atoms with E-state index in [4.69, 9.17) is 4.74 Å². The highest BCUT2D eigenvalue weighted by Gasteiger charge is 2.68. The Bertz CT molecular complexity index is 1220. The monoisotopic (exact) mass is 462 g/mol. The Balaban J connectivity index is 1.76. The van der Waals surface area contributed by atoms with Crippen molar-refractivity contribution in [1.82, 2.24) is 5.32 Å². The number of hydrogen-bond acceptors (Lipinski definition) is 5. The number of hydrogen-bond donors (Lipinski definition) is 1. The molecule has 2 amide bonds. The summed E-state index contributed by atoms with van der Waals surface area (Å²) in [4.78, 5) is 41.4. The van der Waals surface area contributed by atoms with Gasteiger partial charge in [-0.15, -0.1) is 0 Å². The van der Waals surface area contributed by atoms with Crippen LogP contribution in [0.4, 0.5) is 14.5 Å². The summed E-state index contributed by atoms with van der Waals surface area (Å²) in [5.74, 6) is -4.91. The Morgan fingerprint density at radius 1 is 0.853 bits per heavy atom. The lowest BCUT2D eigenvalue weighted by molar-refractivity contribution is -0.145. The van der Waals surface area contributed by atoms with Gasteiger partial charge in [0.1, 0.15) is 17.7 Å². The molecule has 0 aromatic heterocycles. The fourth-order valence-corrected chi connectivity index (χ4v) is 5.19. The molecule has 2 aliphatic rings. The molecule has 8 heteroatoms. The van der Waals surface area contributed by atoms with Crippen molar-refractivity contribution in [2.75, 3.05) is 12.0 Å². The summed E-state index contributed by atoms with van der Waals surface area (Å²) in [7, 11) is 1.20. The molecule has 2 aliphatic heterocycles. The van der Waals surface area contributed by atoms with Crippen LogP contribution >= 0.6 is 0 Å². The van der Waals surface area contributed by atoms with Crippen LogP contribution in [0.2, 0.25) is 0 Å². The van der Waals surface area contributed by atoms with Crippen molar-refractivity contribution in [3.8, 4) is 0 Å². The minimum atomic E-state index is -1.42. The molecule has 0 saturated carbocycles. The second-order valence-electron chi connectivity index (χ2n) is 8.32. The van der Waals surface area contributed by atoms with E-state index in [0.29, 0.717) is 16.8 Å². The summed E-state index contributed by atoms with van der Waals surface area (Å²) < 4.78 is 32.6. The Labute approximate surface area is 194 Å². The lowest BCUT2D eigenvalue weighted by Gasteiger charge is -2.36. The molecule has 172 valence electrons. The van der Waals surface area contributed by atoms with Crippen molar-refractivity contribution >= 4 is 23.5 Å². The summed E-state index contributed by atoms with van der Waals surface area (Å²) in [5.41, 5.74) is -0.125. The van der Waals surface area contributed by atoms with Gasteiger partial charge in [0.2, 0.25) is 11.8 Å². The van der Waals surface area contributed by atoms with Crippen molar-refractivity contribution in [3.05, 3.63) is 102 Å². The molecule has 3 aromatic carbocycles. The average molecular weight is 462 g/mol. The standard InChI is InChI=1S/C26H20F2N2O4/c1-34-25(33)22-20-21(24(32)30(23(20)31)19-5-3-2-4-6-19)26(29-22,15-7-11-17(27)12-8-15)16-9-13-18(28)14-10-16/h2-14,20-22,29H,1H3/t20-,21+,22-/m1/s1. The number of ether oxygens (including phenoxy) is 1. The molecule has 34 heavy (non-hydrogen) atoms. The zero-order valence-corrected chi connectivity index (χ0v) is 18.1. The van der Waals surface area contributed by atoms with E-state index in [1.165, 1.54) is 55.6 Å². The third-order valence-corrected chi connectivity index (χ3v) is 6.63. The number of carbonyl (C=O) groups is 3. The largest absolute Gasteiger partial charge is 0.468 e. The van der Waals surface area contributed by atoms with Crippen molar-refractivity contribution < 1.29 is 27.9 Å². The van der Waals surface area contributed by atoms with Gasteiger partial charge >= 0.3 is 5.97 Å². The second-order valence-corrected chi connectivity index (χ2v) is 8.32. The van der Waals surface area contributed by atoms with Crippen LogP contribution in [-0.2, 0) is 24.7 Å². The van der Waals surface area contributed by atoms with Crippen molar-refractivity contribution in [3.63, 3.8) is 0 Å². The number of methoxy groups -OCH3 is 1. The number of nitrogens with zero attached hydrogens (tertiary/aromatic N) is 1. The van der Waals surface area contributed by atoms with Crippen LogP contribution < -0.4 is 10.2 Å². The number of fused-ring (bicyclic) bond motifs is 1. The second kappa shape index (κ2) is 8.14. The minimum Gasteiger partial charge on any atom is -0.468 e. The first-order valence-electron chi connectivity index (χ1n) is 10.7. The normalized spacial score (nSPS) is 23.1. The highest BCUT2D eigenvalue weighted by atomic mass is 19.1. The molecule has 3 atom stereocenters. The van der Waals surface area contributed by atoms with Gasteiger partial charge in [0, 0.05) is 0 Å². The van der Waals surface area contributed by atoms with Gasteiger partial charge in [-0.2, -0.15) is 0 Å². The molecule has 0 unspecified atom stereocenters. The van der Waals surface area contributed by atoms with Gasteiger partial charge in [0.15, 0.2) is 0 Å². The van der Waals surface area contributed by atoms with E-state index in [-0.39, 0.29) is 0 Å². The fraction of sp³-hybridized carbons (Fsp3) is 0.192. The molecule has 0 spiro atoms. The number of para-hydroxylation sites is 1. The Morgan fingerprint density at radius 2 is 1.38 bits per heavy atom. The Morgan fingerprint density at radius 3 is 1.88 bits per heavy atom. The number of benzene rings is 3. The molecule has 0 aliphatic carbocycles. The highest BCUT2D eigenvalue weighted by molar-refractivity contribution is 6.24. The SMILES string of the molecule is COC(=O)[C@@H]1NC(c2ccc(F)cc2)(c2ccc(F)cc2)[C@@H]2C(=O)N(c3ccccc3)C(=O)[C@H]21. The van der Waals surface area contributed by atoms with E-state index in [9.17, 15) is 23.2 Å². The summed E-state index contributed by atoms with van der Waals surface area (Å²) in [6.07, 6.45) is 0. The fourth-order valence-electron chi connectivity index (χ4n) is 5.19. The first kappa shape index (κ1) is 21.9. The Hall–Kier alpha value is -3.91. The van der Waals surface area contributed by atoms with E-state index < -0.39 is 52.8 Å². The maximum atomic E-state index is 13.9. The molecule has 0 bridgehead atoms. The van der Waals surface area contributed by atoms with E-state index in [1.54, 1.807) is 30.3 Å². The summed E-state index contributed by atoms with van der Waals surface area (Å²) in [5, 5.41) is 3.17. The first-order chi connectivity index (χ1) is 16.4. The zero-order valence-electron chi connectivity index (χ0n) is 18.1. The number of amides is 2. The van der Waals surface area contributed by atoms with Crippen LogP contribution in [0.25, 0.3) is 0 Å². The molecular weight excluding hydrogens is 442 g/mol. The van der Waals surface area contributed by atoms with Gasteiger partial charge in [0.05, 0.1) is 30.2 Å². The molecular formula is C26H20F2N2O4. The van der Waals surface area contributed by atoms with Crippen molar-refractivity contribution in [1.29, 1.82) is 0 Å². The summed E-state index contributed by atoms with van der Waals surface area (Å²) in [6.45, 7) is 0. The predicted octanol–water partition coefficient (Wildman–Crippen LogP) is 3.16. The number of esters is 1. The van der Waals surface area contributed by atoms with Crippen LogP contribution in [0.5, 0.6) is 0 Å². The zero-order chi connectivity index (χ0) is 24.0. The van der Waals surface area contributed by atoms with Gasteiger partial charge in [-0.05, 0) is 47.5 Å². The highest BCUT2D eigenvalue weighted by Crippen LogP contribution is 2.52. The maximum absolute atomic E-state index is 13.9. The first-order valence-corrected chi connectivity index (χ1v) is 10.7. The third kappa shape index (κ3) is 3.13. The number of carbonyl (C=O) groups excluding carboxylic acids is 3. The lowest BCUT2D eigenvalue weighted by Crippen LogP contribution is -2.52. The molecule has 3 aromatic rings. The summed E-state index contributed by atoms with van der Waals surface area (Å²) in [6, 6.07) is 18.2. The van der Waals surface area contributed by atoms with E-state index in [1.807, 2.05) is 0 Å². The number of halogens is 2. The van der Waals surface area contributed by atoms with E-state index in [2.05, 4.69) is 5.32 Å². The topological polar surface area (TPSA) is 75.7 Å². The van der Waals surface area contributed by atoms with Crippen LogP contribution in [-0.4, -0.2) is 30.9 Å². The average Bonchev–Trinajstić information content (AvgIpc) is 3.34. The summed E-state index contributed by atoms with van der Waals surface area (Å²) >= 11 is 0. The Kier molecular flexibility index (Phi) is 5.25. The van der Waals surface area contributed by atoms with Gasteiger partial charge in [-0.25, -0.2) is 13.7 Å². The van der Waals surface area contributed by atoms with E-state index in [0.717, 1.165) is 4.90 Å². The molecule has 2 saturated heterocycles. The smallest absolute Gasteiger partial charge is 0.323 e. The van der Waals surface area contributed by atoms with Crippen LogP contribution in [0, 0.1) is 23.5 Å². The molecule has 2 fully saturated rings. The van der Waals surface area contributed by atoms with Gasteiger partial charge in [-0.1, -0.05) is 42.5 Å². The molecule has 1 N–H and O–H groups in total. The van der Waals surface area contributed by atoms with Gasteiger partial charge < -0.3 is 4.74 Å². The van der Waals surface area contributed by atoms with E-state index >= 15 is 0 Å². The van der Waals surface area contributed by atoms with Crippen molar-refractivity contribution in [2.45, 2.75) is 11.6 Å². The molecule has 5 rings (SSSR count). The maximum Gasteiger partial charge on any atom is 0.323 e. The van der Waals surface area contributed by atoms with Crippen LogP contribution in [0.1, 0.15) is 11.1 Å². The lowest BCUT2D eigenvalue weighted by atomic mass is 9.71. The number of nitrogens with one attached hydrogen (secondary N) is 1. The molecule has 0 radical (unpaired) electrons. The molecule has 2 heterocycles. The molecule has 6 nitrogen and oxygen atoms in total. The van der Waals surface area contributed by atoms with Gasteiger partial charge in [0.25, 0.3) is 0 Å². The number of imide groups is 1. The number of rotatable bonds is 4. The quantitative estimate of drug-likeness (QED) is 0.476. The van der Waals surface area contributed by atoms with Crippen LogP contribution in [0.3, 0.4) is 0 Å². The number of anilines is 1. The minimum absolute atomic E-state index is 0.377. The predicted molar refractivity (Wildman–Crippen MR) is 118 cm³/mol. The van der Waals surface area contributed by atoms with Crippen molar-refractivity contribution in [2.24, 2.45) is 11.8 Å².